The summed E-state index contributed by atoms with van der Waals surface area (Å²) in [4.78, 5) is 15.3. The van der Waals surface area contributed by atoms with Gasteiger partial charge in [0.2, 0.25) is 15.9 Å². The van der Waals surface area contributed by atoms with Crippen molar-refractivity contribution in [3.8, 4) is 0 Å². The van der Waals surface area contributed by atoms with Gasteiger partial charge in [0.15, 0.2) is 0 Å². The number of para-hydroxylation sites is 1. The Morgan fingerprint density at radius 1 is 1.00 bits per heavy atom. The Balaban J connectivity index is 1.62. The Kier molecular flexibility index (Phi) is 4.35. The first-order valence-electron chi connectivity index (χ1n) is 9.38. The smallest absolute Gasteiger partial charge is 0.243 e. The van der Waals surface area contributed by atoms with E-state index < -0.39 is 15.4 Å². The van der Waals surface area contributed by atoms with Crippen LogP contribution in [0.5, 0.6) is 0 Å². The zero-order chi connectivity index (χ0) is 19.2. The molecule has 1 saturated heterocycles. The number of piperidine rings is 1. The highest BCUT2D eigenvalue weighted by Gasteiger charge is 2.52. The van der Waals surface area contributed by atoms with E-state index in [4.69, 9.17) is 0 Å². The number of likely N-dealkylation sites (N-methyl/N-ethyl adjacent to an activating group) is 1. The van der Waals surface area contributed by atoms with Crippen molar-refractivity contribution in [3.05, 3.63) is 59.7 Å². The third-order valence-electron chi connectivity index (χ3n) is 5.92. The first kappa shape index (κ1) is 18.2. The molecule has 2 aromatic carbocycles. The number of fused-ring (bicyclic) bond motifs is 2. The zero-order valence-corrected chi connectivity index (χ0v) is 16.5. The maximum Gasteiger partial charge on any atom is 0.243 e. The summed E-state index contributed by atoms with van der Waals surface area (Å²) in [6.07, 6.45) is 1.04. The molecule has 142 valence electrons. The molecule has 1 amide bonds. The van der Waals surface area contributed by atoms with Crippen LogP contribution in [-0.2, 0) is 20.2 Å². The first-order chi connectivity index (χ1) is 12.9. The van der Waals surface area contributed by atoms with Crippen LogP contribution < -0.4 is 4.90 Å². The van der Waals surface area contributed by atoms with Gasteiger partial charge >= 0.3 is 0 Å². The van der Waals surface area contributed by atoms with E-state index in [1.807, 2.05) is 55.1 Å². The third kappa shape index (κ3) is 2.70. The summed E-state index contributed by atoms with van der Waals surface area (Å²) in [6, 6.07) is 14.9. The van der Waals surface area contributed by atoms with Crippen LogP contribution in [0.2, 0.25) is 0 Å². The SMILES string of the molecule is CCN1C(=O)C2(CCN(S(=O)(=O)c3ccc(C)cc3)CC2)c2ccccc21. The van der Waals surface area contributed by atoms with Crippen molar-refractivity contribution in [1.29, 1.82) is 0 Å². The highest BCUT2D eigenvalue weighted by Crippen LogP contribution is 2.48. The molecule has 5 nitrogen and oxygen atoms in total. The summed E-state index contributed by atoms with van der Waals surface area (Å²) in [5.74, 6) is 0.110. The van der Waals surface area contributed by atoms with Gasteiger partial charge < -0.3 is 4.90 Å². The zero-order valence-electron chi connectivity index (χ0n) is 15.7. The van der Waals surface area contributed by atoms with E-state index in [2.05, 4.69) is 0 Å². The Hall–Kier alpha value is -2.18. The van der Waals surface area contributed by atoms with Crippen molar-refractivity contribution in [2.75, 3.05) is 24.5 Å². The fraction of sp³-hybridized carbons (Fsp3) is 0.381. The van der Waals surface area contributed by atoms with Crippen LogP contribution in [0.3, 0.4) is 0 Å². The quantitative estimate of drug-likeness (QED) is 0.817. The molecule has 2 heterocycles. The molecule has 2 aromatic rings. The summed E-state index contributed by atoms with van der Waals surface area (Å²) >= 11 is 0. The number of anilines is 1. The Bertz CT molecular complexity index is 975. The lowest BCUT2D eigenvalue weighted by atomic mass is 9.74. The van der Waals surface area contributed by atoms with E-state index in [9.17, 15) is 13.2 Å². The van der Waals surface area contributed by atoms with Gasteiger partial charge in [0.05, 0.1) is 10.3 Å². The molecule has 0 bridgehead atoms. The van der Waals surface area contributed by atoms with Crippen molar-refractivity contribution in [2.24, 2.45) is 0 Å². The van der Waals surface area contributed by atoms with Gasteiger partial charge in [-0.15, -0.1) is 0 Å². The number of hydrogen-bond acceptors (Lipinski definition) is 3. The van der Waals surface area contributed by atoms with Gasteiger partial charge in [0.1, 0.15) is 0 Å². The van der Waals surface area contributed by atoms with Crippen molar-refractivity contribution < 1.29 is 13.2 Å². The largest absolute Gasteiger partial charge is 0.312 e. The fourth-order valence-corrected chi connectivity index (χ4v) is 5.80. The van der Waals surface area contributed by atoms with Crippen LogP contribution >= 0.6 is 0 Å². The minimum atomic E-state index is -3.53. The number of sulfonamides is 1. The summed E-state index contributed by atoms with van der Waals surface area (Å²) in [5.41, 5.74) is 2.45. The molecule has 27 heavy (non-hydrogen) atoms. The second-order valence-corrected chi connectivity index (χ2v) is 9.30. The molecule has 0 unspecified atom stereocenters. The number of hydrogen-bond donors (Lipinski definition) is 0. The maximum atomic E-state index is 13.2. The van der Waals surface area contributed by atoms with Crippen LogP contribution in [0.25, 0.3) is 0 Å². The summed E-state index contributed by atoms with van der Waals surface area (Å²) in [5, 5.41) is 0. The average Bonchev–Trinajstić information content (AvgIpc) is 2.91. The van der Waals surface area contributed by atoms with Gasteiger partial charge in [-0.1, -0.05) is 35.9 Å². The lowest BCUT2D eigenvalue weighted by Crippen LogP contribution is -2.50. The van der Waals surface area contributed by atoms with Gasteiger partial charge in [0.25, 0.3) is 0 Å². The van der Waals surface area contributed by atoms with Gasteiger partial charge in [-0.3, -0.25) is 4.79 Å². The highest BCUT2D eigenvalue weighted by molar-refractivity contribution is 7.89. The molecular weight excluding hydrogens is 360 g/mol. The monoisotopic (exact) mass is 384 g/mol. The lowest BCUT2D eigenvalue weighted by molar-refractivity contribution is -0.124. The average molecular weight is 385 g/mol. The van der Waals surface area contributed by atoms with E-state index in [-0.39, 0.29) is 5.91 Å². The van der Waals surface area contributed by atoms with Crippen molar-refractivity contribution in [1.82, 2.24) is 4.31 Å². The van der Waals surface area contributed by atoms with E-state index >= 15 is 0 Å². The molecule has 0 N–H and O–H groups in total. The first-order valence-corrected chi connectivity index (χ1v) is 10.8. The number of benzene rings is 2. The molecule has 0 atom stereocenters. The molecule has 0 aromatic heterocycles. The van der Waals surface area contributed by atoms with Gasteiger partial charge in [0, 0.05) is 25.3 Å². The molecule has 0 radical (unpaired) electrons. The van der Waals surface area contributed by atoms with Crippen LogP contribution in [0.4, 0.5) is 5.69 Å². The van der Waals surface area contributed by atoms with E-state index in [1.165, 1.54) is 4.31 Å². The number of aryl methyl sites for hydroxylation is 1. The van der Waals surface area contributed by atoms with Crippen LogP contribution in [-0.4, -0.2) is 38.3 Å². The summed E-state index contributed by atoms with van der Waals surface area (Å²) in [7, 11) is -3.53. The summed E-state index contributed by atoms with van der Waals surface area (Å²) < 4.78 is 27.5. The third-order valence-corrected chi connectivity index (χ3v) is 7.83. The molecule has 1 spiro atoms. The minimum Gasteiger partial charge on any atom is -0.312 e. The van der Waals surface area contributed by atoms with Crippen LogP contribution in [0, 0.1) is 6.92 Å². The number of rotatable bonds is 3. The van der Waals surface area contributed by atoms with Crippen molar-refractivity contribution in [3.63, 3.8) is 0 Å². The molecular formula is C21H24N2O3S. The second-order valence-electron chi connectivity index (χ2n) is 7.37. The molecule has 2 aliphatic rings. The van der Waals surface area contributed by atoms with E-state index in [0.717, 1.165) is 16.8 Å². The van der Waals surface area contributed by atoms with Gasteiger partial charge in [-0.2, -0.15) is 4.31 Å². The number of carbonyl (C=O) groups excluding carboxylic acids is 1. The minimum absolute atomic E-state index is 0.110. The number of amides is 1. The topological polar surface area (TPSA) is 57.7 Å². The Labute approximate surface area is 160 Å². The van der Waals surface area contributed by atoms with Crippen molar-refractivity contribution >= 4 is 21.6 Å². The second kappa shape index (κ2) is 6.46. The normalized spacial score (nSPS) is 19.5. The molecule has 6 heteroatoms. The van der Waals surface area contributed by atoms with Gasteiger partial charge in [-0.25, -0.2) is 8.42 Å². The van der Waals surface area contributed by atoms with E-state index in [1.54, 1.807) is 12.1 Å². The molecule has 0 saturated carbocycles. The molecule has 4 rings (SSSR count). The summed E-state index contributed by atoms with van der Waals surface area (Å²) in [6.45, 7) is 5.25. The van der Waals surface area contributed by atoms with Gasteiger partial charge in [-0.05, 0) is 50.5 Å². The maximum absolute atomic E-state index is 13.2. The molecule has 2 aliphatic heterocycles. The number of nitrogens with zero attached hydrogens (tertiary/aromatic N) is 2. The Morgan fingerprint density at radius 2 is 1.63 bits per heavy atom. The van der Waals surface area contributed by atoms with Crippen LogP contribution in [0.1, 0.15) is 30.9 Å². The molecule has 0 aliphatic carbocycles. The predicted molar refractivity (Wildman–Crippen MR) is 105 cm³/mol. The van der Waals surface area contributed by atoms with E-state index in [0.29, 0.717) is 37.4 Å². The Morgan fingerprint density at radius 3 is 2.26 bits per heavy atom. The molecule has 1 fully saturated rings. The lowest BCUT2D eigenvalue weighted by Gasteiger charge is -2.37. The standard InChI is InChI=1S/C21H24N2O3S/c1-3-23-19-7-5-4-6-18(19)21(20(23)24)12-14-22(15-13-21)27(25,26)17-10-8-16(2)9-11-17/h4-11H,3,12-15H2,1-2H3. The predicted octanol–water partition coefficient (Wildman–Crippen LogP) is 3.08. The van der Waals surface area contributed by atoms with Crippen molar-refractivity contribution in [2.45, 2.75) is 37.0 Å². The highest BCUT2D eigenvalue weighted by atomic mass is 32.2. The van der Waals surface area contributed by atoms with Crippen LogP contribution in [0.15, 0.2) is 53.4 Å². The fourth-order valence-electron chi connectivity index (χ4n) is 4.36. The number of carbonyl (C=O) groups is 1.